The van der Waals surface area contributed by atoms with Gasteiger partial charge in [-0.3, -0.25) is 4.79 Å². The maximum absolute atomic E-state index is 11.1. The van der Waals surface area contributed by atoms with Crippen molar-refractivity contribution in [3.05, 3.63) is 0 Å². The van der Waals surface area contributed by atoms with Crippen LogP contribution in [0.4, 0.5) is 0 Å². The van der Waals surface area contributed by atoms with E-state index in [1.165, 1.54) is 0 Å². The summed E-state index contributed by atoms with van der Waals surface area (Å²) < 4.78 is 0. The molecular formula is C10H22N2O. The number of carbonyl (C=O) groups excluding carboxylic acids is 1. The van der Waals surface area contributed by atoms with Crippen molar-refractivity contribution in [1.29, 1.82) is 0 Å². The summed E-state index contributed by atoms with van der Waals surface area (Å²) in [5, 5.41) is 6.11. The number of rotatable bonds is 6. The SMILES string of the molecule is CCNC(=O)CCNC(C)(C)CC. The van der Waals surface area contributed by atoms with Gasteiger partial charge in [0.05, 0.1) is 0 Å². The molecule has 78 valence electrons. The van der Waals surface area contributed by atoms with Gasteiger partial charge in [0.1, 0.15) is 0 Å². The molecule has 1 amide bonds. The summed E-state index contributed by atoms with van der Waals surface area (Å²) in [6.07, 6.45) is 1.64. The van der Waals surface area contributed by atoms with Gasteiger partial charge in [0.2, 0.25) is 5.91 Å². The van der Waals surface area contributed by atoms with E-state index in [0.29, 0.717) is 6.42 Å². The zero-order valence-corrected chi connectivity index (χ0v) is 9.24. The molecule has 0 rings (SSSR count). The molecule has 2 N–H and O–H groups in total. The highest BCUT2D eigenvalue weighted by atomic mass is 16.1. The summed E-state index contributed by atoms with van der Waals surface area (Å²) in [4.78, 5) is 11.1. The minimum absolute atomic E-state index is 0.127. The number of hydrogen-bond acceptors (Lipinski definition) is 2. The fraction of sp³-hybridized carbons (Fsp3) is 0.900. The smallest absolute Gasteiger partial charge is 0.221 e. The Kier molecular flexibility index (Phi) is 5.71. The van der Waals surface area contributed by atoms with Crippen LogP contribution in [-0.2, 0) is 4.79 Å². The van der Waals surface area contributed by atoms with Gasteiger partial charge in [-0.2, -0.15) is 0 Å². The lowest BCUT2D eigenvalue weighted by molar-refractivity contribution is -0.120. The van der Waals surface area contributed by atoms with Crippen molar-refractivity contribution in [2.45, 2.75) is 46.1 Å². The lowest BCUT2D eigenvalue weighted by Gasteiger charge is -2.24. The van der Waals surface area contributed by atoms with E-state index >= 15 is 0 Å². The zero-order chi connectivity index (χ0) is 10.3. The summed E-state index contributed by atoms with van der Waals surface area (Å²) in [7, 11) is 0. The van der Waals surface area contributed by atoms with Crippen molar-refractivity contribution in [2.75, 3.05) is 13.1 Å². The van der Waals surface area contributed by atoms with E-state index in [1.54, 1.807) is 0 Å². The molecule has 0 heterocycles. The van der Waals surface area contributed by atoms with Gasteiger partial charge in [-0.1, -0.05) is 6.92 Å². The first-order valence-corrected chi connectivity index (χ1v) is 5.03. The van der Waals surface area contributed by atoms with Crippen LogP contribution < -0.4 is 10.6 Å². The molecule has 0 aromatic carbocycles. The monoisotopic (exact) mass is 186 g/mol. The van der Waals surface area contributed by atoms with Gasteiger partial charge in [-0.05, 0) is 27.2 Å². The van der Waals surface area contributed by atoms with E-state index in [2.05, 4.69) is 31.4 Å². The minimum atomic E-state index is 0.127. The Hall–Kier alpha value is -0.570. The van der Waals surface area contributed by atoms with Crippen LogP contribution in [0.25, 0.3) is 0 Å². The molecular weight excluding hydrogens is 164 g/mol. The second kappa shape index (κ2) is 5.97. The molecule has 0 saturated carbocycles. The van der Waals surface area contributed by atoms with E-state index in [4.69, 9.17) is 0 Å². The first kappa shape index (κ1) is 12.4. The van der Waals surface area contributed by atoms with Gasteiger partial charge in [-0.15, -0.1) is 0 Å². The Morgan fingerprint density at radius 2 is 1.92 bits per heavy atom. The van der Waals surface area contributed by atoms with Gasteiger partial charge in [-0.25, -0.2) is 0 Å². The molecule has 0 aliphatic rings. The molecule has 3 nitrogen and oxygen atoms in total. The van der Waals surface area contributed by atoms with Gasteiger partial charge in [0.15, 0.2) is 0 Å². The Morgan fingerprint density at radius 3 is 2.38 bits per heavy atom. The Bertz CT molecular complexity index is 155. The molecule has 3 heteroatoms. The molecule has 0 atom stereocenters. The van der Waals surface area contributed by atoms with Crippen LogP contribution in [0.5, 0.6) is 0 Å². The van der Waals surface area contributed by atoms with Crippen LogP contribution in [0.3, 0.4) is 0 Å². The molecule has 0 spiro atoms. The van der Waals surface area contributed by atoms with Crippen molar-refractivity contribution in [3.63, 3.8) is 0 Å². The van der Waals surface area contributed by atoms with Crippen LogP contribution >= 0.6 is 0 Å². The summed E-state index contributed by atoms with van der Waals surface area (Å²) in [6, 6.07) is 0. The molecule has 0 fully saturated rings. The summed E-state index contributed by atoms with van der Waals surface area (Å²) in [5.74, 6) is 0.127. The number of hydrogen-bond donors (Lipinski definition) is 2. The molecule has 0 radical (unpaired) electrons. The normalized spacial score (nSPS) is 11.4. The van der Waals surface area contributed by atoms with Crippen molar-refractivity contribution < 1.29 is 4.79 Å². The number of nitrogens with one attached hydrogen (secondary N) is 2. The highest BCUT2D eigenvalue weighted by Crippen LogP contribution is 2.05. The van der Waals surface area contributed by atoms with E-state index in [1.807, 2.05) is 6.92 Å². The summed E-state index contributed by atoms with van der Waals surface area (Å²) >= 11 is 0. The largest absolute Gasteiger partial charge is 0.356 e. The van der Waals surface area contributed by atoms with Crippen LogP contribution in [0, 0.1) is 0 Å². The predicted molar refractivity (Wildman–Crippen MR) is 55.7 cm³/mol. The first-order chi connectivity index (χ1) is 6.02. The average molecular weight is 186 g/mol. The molecule has 0 unspecified atom stereocenters. The van der Waals surface area contributed by atoms with Gasteiger partial charge < -0.3 is 10.6 Å². The lowest BCUT2D eigenvalue weighted by Crippen LogP contribution is -2.40. The molecule has 13 heavy (non-hydrogen) atoms. The van der Waals surface area contributed by atoms with Crippen LogP contribution in [0.15, 0.2) is 0 Å². The predicted octanol–water partition coefficient (Wildman–Crippen LogP) is 1.29. The average Bonchev–Trinajstić information content (AvgIpc) is 2.05. The van der Waals surface area contributed by atoms with E-state index < -0.39 is 0 Å². The first-order valence-electron chi connectivity index (χ1n) is 5.03. The number of amides is 1. The maximum Gasteiger partial charge on any atom is 0.221 e. The van der Waals surface area contributed by atoms with E-state index in [9.17, 15) is 4.79 Å². The van der Waals surface area contributed by atoms with Crippen LogP contribution in [-0.4, -0.2) is 24.5 Å². The molecule has 0 aliphatic carbocycles. The molecule has 0 aromatic heterocycles. The quantitative estimate of drug-likeness (QED) is 0.656. The lowest BCUT2D eigenvalue weighted by atomic mass is 10.0. The number of carbonyl (C=O) groups is 1. The third-order valence-corrected chi connectivity index (χ3v) is 2.21. The standard InChI is InChI=1S/C10H22N2O/c1-5-10(3,4)12-8-7-9(13)11-6-2/h12H,5-8H2,1-4H3,(H,11,13). The third-order valence-electron chi connectivity index (χ3n) is 2.21. The molecule has 0 aromatic rings. The fourth-order valence-electron chi connectivity index (χ4n) is 0.925. The second-order valence-electron chi connectivity index (χ2n) is 3.87. The second-order valence-corrected chi connectivity index (χ2v) is 3.87. The van der Waals surface area contributed by atoms with Crippen molar-refractivity contribution in [1.82, 2.24) is 10.6 Å². The molecule has 0 saturated heterocycles. The fourth-order valence-corrected chi connectivity index (χ4v) is 0.925. The highest BCUT2D eigenvalue weighted by molar-refractivity contribution is 5.75. The summed E-state index contributed by atoms with van der Waals surface area (Å²) in [6.45, 7) is 9.83. The van der Waals surface area contributed by atoms with E-state index in [-0.39, 0.29) is 11.4 Å². The van der Waals surface area contributed by atoms with Crippen molar-refractivity contribution in [3.8, 4) is 0 Å². The van der Waals surface area contributed by atoms with Gasteiger partial charge in [0, 0.05) is 25.0 Å². The van der Waals surface area contributed by atoms with Gasteiger partial charge >= 0.3 is 0 Å². The zero-order valence-electron chi connectivity index (χ0n) is 9.24. The van der Waals surface area contributed by atoms with Crippen LogP contribution in [0.1, 0.15) is 40.5 Å². The van der Waals surface area contributed by atoms with E-state index in [0.717, 1.165) is 19.5 Å². The highest BCUT2D eigenvalue weighted by Gasteiger charge is 2.13. The van der Waals surface area contributed by atoms with Crippen molar-refractivity contribution in [2.24, 2.45) is 0 Å². The molecule has 0 bridgehead atoms. The van der Waals surface area contributed by atoms with Crippen molar-refractivity contribution >= 4 is 5.91 Å². The van der Waals surface area contributed by atoms with Crippen LogP contribution in [0.2, 0.25) is 0 Å². The Balaban J connectivity index is 3.50. The Labute approximate surface area is 81.3 Å². The third kappa shape index (κ3) is 6.58. The topological polar surface area (TPSA) is 41.1 Å². The minimum Gasteiger partial charge on any atom is -0.356 e. The Morgan fingerprint density at radius 1 is 1.31 bits per heavy atom. The maximum atomic E-state index is 11.1. The summed E-state index contributed by atoms with van der Waals surface area (Å²) in [5.41, 5.74) is 0.145. The van der Waals surface area contributed by atoms with Gasteiger partial charge in [0.25, 0.3) is 0 Å². The molecule has 0 aliphatic heterocycles.